The minimum Gasteiger partial charge on any atom is -0.483 e. The lowest BCUT2D eigenvalue weighted by Gasteiger charge is -2.10. The lowest BCUT2D eigenvalue weighted by molar-refractivity contribution is -0.127. The topological polar surface area (TPSA) is 102 Å². The zero-order valence-electron chi connectivity index (χ0n) is 9.73. The van der Waals surface area contributed by atoms with E-state index in [0.29, 0.717) is 10.2 Å². The molecular formula is C11H12BrFN2O4. The van der Waals surface area contributed by atoms with Gasteiger partial charge in [-0.3, -0.25) is 9.59 Å². The van der Waals surface area contributed by atoms with Gasteiger partial charge in [-0.2, -0.15) is 0 Å². The van der Waals surface area contributed by atoms with Crippen molar-refractivity contribution >= 4 is 27.7 Å². The first-order valence-electron chi connectivity index (χ1n) is 5.22. The molecule has 1 unspecified atom stereocenters. The van der Waals surface area contributed by atoms with Crippen molar-refractivity contribution in [3.05, 3.63) is 28.5 Å². The number of nitrogens with one attached hydrogen (secondary N) is 1. The Morgan fingerprint density at radius 1 is 1.53 bits per heavy atom. The molecule has 0 saturated carbocycles. The van der Waals surface area contributed by atoms with E-state index >= 15 is 0 Å². The van der Waals surface area contributed by atoms with Crippen molar-refractivity contribution in [1.29, 1.82) is 0 Å². The van der Waals surface area contributed by atoms with Crippen LogP contribution in [0.2, 0.25) is 0 Å². The highest BCUT2D eigenvalue weighted by atomic mass is 79.9. The van der Waals surface area contributed by atoms with Gasteiger partial charge in [0.1, 0.15) is 17.7 Å². The Bertz CT molecular complexity index is 484. The summed E-state index contributed by atoms with van der Waals surface area (Å²) in [5, 5.41) is 11.3. The second-order valence-corrected chi connectivity index (χ2v) is 4.44. The number of nitrogens with two attached hydrogens (primary N) is 1. The highest BCUT2D eigenvalue weighted by Crippen LogP contribution is 2.25. The predicted molar refractivity (Wildman–Crippen MR) is 67.8 cm³/mol. The van der Waals surface area contributed by atoms with E-state index in [1.54, 1.807) is 0 Å². The standard InChI is InChI=1S/C11H12BrFN2O4/c12-7-3-6(13)1-2-9(7)19-5-10(17)15-4-8(16)11(14)18/h1-3,8,16H,4-5H2,(H2,14,18)(H,15,17). The van der Waals surface area contributed by atoms with Crippen molar-refractivity contribution in [1.82, 2.24) is 5.32 Å². The van der Waals surface area contributed by atoms with Gasteiger partial charge in [-0.25, -0.2) is 4.39 Å². The molecule has 8 heteroatoms. The first kappa shape index (κ1) is 15.4. The van der Waals surface area contributed by atoms with Gasteiger partial charge < -0.3 is 20.9 Å². The van der Waals surface area contributed by atoms with Crippen molar-refractivity contribution in [2.24, 2.45) is 5.73 Å². The summed E-state index contributed by atoms with van der Waals surface area (Å²) in [5.41, 5.74) is 4.81. The molecule has 1 aromatic carbocycles. The largest absolute Gasteiger partial charge is 0.483 e. The van der Waals surface area contributed by atoms with Crippen LogP contribution < -0.4 is 15.8 Å². The van der Waals surface area contributed by atoms with E-state index in [-0.39, 0.29) is 13.2 Å². The van der Waals surface area contributed by atoms with Crippen molar-refractivity contribution < 1.29 is 23.8 Å². The first-order valence-corrected chi connectivity index (χ1v) is 6.01. The number of hydrogen-bond acceptors (Lipinski definition) is 4. The average Bonchev–Trinajstić information content (AvgIpc) is 2.34. The molecule has 0 aromatic heterocycles. The van der Waals surface area contributed by atoms with Crippen molar-refractivity contribution in [3.8, 4) is 5.75 Å². The van der Waals surface area contributed by atoms with E-state index in [9.17, 15) is 14.0 Å². The Kier molecular flexibility index (Phi) is 5.71. The average molecular weight is 335 g/mol. The maximum atomic E-state index is 12.8. The quantitative estimate of drug-likeness (QED) is 0.677. The molecule has 0 aliphatic carbocycles. The Hall–Kier alpha value is -1.67. The van der Waals surface area contributed by atoms with Gasteiger partial charge in [0, 0.05) is 0 Å². The van der Waals surface area contributed by atoms with E-state index in [1.807, 2.05) is 0 Å². The number of carbonyl (C=O) groups is 2. The Morgan fingerprint density at radius 3 is 2.79 bits per heavy atom. The molecule has 2 amide bonds. The van der Waals surface area contributed by atoms with Crippen LogP contribution in [0.15, 0.2) is 22.7 Å². The molecule has 104 valence electrons. The molecule has 0 bridgehead atoms. The summed E-state index contributed by atoms with van der Waals surface area (Å²) < 4.78 is 18.3. The number of halogens is 2. The van der Waals surface area contributed by atoms with Gasteiger partial charge in [-0.1, -0.05) is 0 Å². The molecule has 19 heavy (non-hydrogen) atoms. The molecule has 1 aromatic rings. The second kappa shape index (κ2) is 7.05. The normalized spacial score (nSPS) is 11.7. The summed E-state index contributed by atoms with van der Waals surface area (Å²) >= 11 is 3.08. The number of ether oxygens (including phenoxy) is 1. The zero-order chi connectivity index (χ0) is 14.4. The molecule has 1 rings (SSSR count). The minimum atomic E-state index is -1.44. The van der Waals surface area contributed by atoms with E-state index in [4.69, 9.17) is 15.6 Å². The van der Waals surface area contributed by atoms with Crippen LogP contribution in [0.1, 0.15) is 0 Å². The van der Waals surface area contributed by atoms with Gasteiger partial charge in [0.25, 0.3) is 5.91 Å². The third kappa shape index (κ3) is 5.23. The van der Waals surface area contributed by atoms with Crippen LogP contribution >= 0.6 is 15.9 Å². The molecule has 0 aliphatic heterocycles. The fourth-order valence-corrected chi connectivity index (χ4v) is 1.56. The Labute approximate surface area is 116 Å². The van der Waals surface area contributed by atoms with Crippen LogP contribution in [0.5, 0.6) is 5.75 Å². The molecule has 0 heterocycles. The van der Waals surface area contributed by atoms with Crippen molar-refractivity contribution in [2.45, 2.75) is 6.10 Å². The summed E-state index contributed by atoms with van der Waals surface area (Å²) in [4.78, 5) is 21.8. The SMILES string of the molecule is NC(=O)C(O)CNC(=O)COc1ccc(F)cc1Br. The third-order valence-electron chi connectivity index (χ3n) is 2.07. The molecule has 0 saturated heterocycles. The van der Waals surface area contributed by atoms with E-state index in [0.717, 1.165) is 0 Å². The predicted octanol–water partition coefficient (Wildman–Crippen LogP) is -0.0706. The zero-order valence-corrected chi connectivity index (χ0v) is 11.3. The number of aliphatic hydroxyl groups is 1. The van der Waals surface area contributed by atoms with Crippen molar-refractivity contribution in [2.75, 3.05) is 13.2 Å². The van der Waals surface area contributed by atoms with Crippen LogP contribution in [-0.2, 0) is 9.59 Å². The monoisotopic (exact) mass is 334 g/mol. The van der Waals surface area contributed by atoms with Crippen LogP contribution in [0.25, 0.3) is 0 Å². The van der Waals surface area contributed by atoms with Gasteiger partial charge >= 0.3 is 0 Å². The molecule has 1 atom stereocenters. The number of carbonyl (C=O) groups excluding carboxylic acids is 2. The van der Waals surface area contributed by atoms with E-state index in [2.05, 4.69) is 21.2 Å². The first-order chi connectivity index (χ1) is 8.90. The van der Waals surface area contributed by atoms with Gasteiger partial charge in [0.2, 0.25) is 5.91 Å². The third-order valence-corrected chi connectivity index (χ3v) is 2.69. The van der Waals surface area contributed by atoms with Crippen LogP contribution in [0, 0.1) is 5.82 Å². The smallest absolute Gasteiger partial charge is 0.258 e. The number of rotatable bonds is 6. The van der Waals surface area contributed by atoms with Crippen LogP contribution in [-0.4, -0.2) is 36.2 Å². The van der Waals surface area contributed by atoms with Crippen molar-refractivity contribution in [3.63, 3.8) is 0 Å². The van der Waals surface area contributed by atoms with E-state index < -0.39 is 23.7 Å². The summed E-state index contributed by atoms with van der Waals surface area (Å²) in [7, 11) is 0. The summed E-state index contributed by atoms with van der Waals surface area (Å²) in [6.45, 7) is -0.627. The summed E-state index contributed by atoms with van der Waals surface area (Å²) in [6.07, 6.45) is -1.44. The number of aliphatic hydroxyl groups excluding tert-OH is 1. The van der Waals surface area contributed by atoms with E-state index in [1.165, 1.54) is 18.2 Å². The fourth-order valence-electron chi connectivity index (χ4n) is 1.10. The number of primary amides is 1. The van der Waals surface area contributed by atoms with Gasteiger partial charge in [0.15, 0.2) is 6.61 Å². The molecule has 0 aliphatic rings. The highest BCUT2D eigenvalue weighted by Gasteiger charge is 2.12. The molecule has 6 nitrogen and oxygen atoms in total. The number of amides is 2. The maximum absolute atomic E-state index is 12.8. The second-order valence-electron chi connectivity index (χ2n) is 3.59. The summed E-state index contributed by atoms with van der Waals surface area (Å²) in [5.74, 6) is -1.61. The highest BCUT2D eigenvalue weighted by molar-refractivity contribution is 9.10. The number of hydrogen-bond donors (Lipinski definition) is 3. The van der Waals surface area contributed by atoms with Gasteiger partial charge in [-0.15, -0.1) is 0 Å². The van der Waals surface area contributed by atoms with Crippen LogP contribution in [0.3, 0.4) is 0 Å². The minimum absolute atomic E-state index is 0.290. The lowest BCUT2D eigenvalue weighted by Crippen LogP contribution is -2.41. The Morgan fingerprint density at radius 2 is 2.21 bits per heavy atom. The fraction of sp³-hybridized carbons (Fsp3) is 0.273. The Balaban J connectivity index is 2.40. The van der Waals surface area contributed by atoms with Crippen LogP contribution in [0.4, 0.5) is 4.39 Å². The molecular weight excluding hydrogens is 323 g/mol. The molecule has 0 spiro atoms. The van der Waals surface area contributed by atoms with Gasteiger partial charge in [-0.05, 0) is 34.1 Å². The molecule has 0 fully saturated rings. The lowest BCUT2D eigenvalue weighted by atomic mass is 10.3. The molecule has 4 N–H and O–H groups in total. The maximum Gasteiger partial charge on any atom is 0.258 e. The number of benzene rings is 1. The van der Waals surface area contributed by atoms with Gasteiger partial charge in [0.05, 0.1) is 11.0 Å². The molecule has 0 radical (unpaired) electrons. The summed E-state index contributed by atoms with van der Waals surface area (Å²) in [6, 6.07) is 3.75.